The number of benzene rings is 1. The van der Waals surface area contributed by atoms with Crippen molar-refractivity contribution in [3.8, 4) is 0 Å². The Hall–Kier alpha value is -0.570. The second-order valence-corrected chi connectivity index (χ2v) is 4.26. The van der Waals surface area contributed by atoms with Crippen LogP contribution >= 0.6 is 11.8 Å². The van der Waals surface area contributed by atoms with Gasteiger partial charge in [-0.05, 0) is 36.3 Å². The van der Waals surface area contributed by atoms with E-state index in [9.17, 15) is 8.78 Å². The van der Waals surface area contributed by atoms with E-state index in [1.165, 1.54) is 6.07 Å². The van der Waals surface area contributed by atoms with E-state index in [-0.39, 0.29) is 11.1 Å². The Morgan fingerprint density at radius 2 is 2.15 bits per heavy atom. The van der Waals surface area contributed by atoms with Crippen molar-refractivity contribution in [2.24, 2.45) is 0 Å². The van der Waals surface area contributed by atoms with Crippen LogP contribution in [-0.4, -0.2) is 6.26 Å². The molecule has 0 spiro atoms. The summed E-state index contributed by atoms with van der Waals surface area (Å²) in [6.07, 6.45) is 3.65. The van der Waals surface area contributed by atoms with Crippen LogP contribution in [0.3, 0.4) is 0 Å². The number of thioether (sulfide) groups is 1. The zero-order valence-corrected chi connectivity index (χ0v) is 8.13. The van der Waals surface area contributed by atoms with Gasteiger partial charge in [0, 0.05) is 11.3 Å². The molecule has 1 aliphatic carbocycles. The van der Waals surface area contributed by atoms with Gasteiger partial charge in [0.2, 0.25) is 0 Å². The summed E-state index contributed by atoms with van der Waals surface area (Å²) in [7, 11) is 0. The Kier molecular flexibility index (Phi) is 2.28. The third kappa shape index (κ3) is 1.46. The van der Waals surface area contributed by atoms with Gasteiger partial charge in [-0.3, -0.25) is 0 Å². The average molecular weight is 200 g/mol. The van der Waals surface area contributed by atoms with Crippen LogP contribution in [0.2, 0.25) is 0 Å². The lowest BCUT2D eigenvalue weighted by atomic mass is 10.1. The molecule has 0 fully saturated rings. The van der Waals surface area contributed by atoms with E-state index in [2.05, 4.69) is 0 Å². The van der Waals surface area contributed by atoms with Crippen LogP contribution in [0.5, 0.6) is 0 Å². The Morgan fingerprint density at radius 1 is 1.38 bits per heavy atom. The average Bonchev–Trinajstić information content (AvgIpc) is 2.47. The highest BCUT2D eigenvalue weighted by molar-refractivity contribution is 7.98. The fourth-order valence-corrected chi connectivity index (χ4v) is 2.67. The van der Waals surface area contributed by atoms with E-state index < -0.39 is 5.82 Å². The first kappa shape index (κ1) is 9.00. The van der Waals surface area contributed by atoms with Crippen LogP contribution in [0.15, 0.2) is 12.1 Å². The first-order chi connectivity index (χ1) is 6.22. The minimum absolute atomic E-state index is 0.278. The molecule has 0 aromatic heterocycles. The van der Waals surface area contributed by atoms with E-state index in [0.29, 0.717) is 5.56 Å². The Bertz CT molecular complexity index is 336. The quantitative estimate of drug-likeness (QED) is 0.670. The molecule has 0 aliphatic heterocycles. The third-order valence-electron chi connectivity index (χ3n) is 2.48. The lowest BCUT2D eigenvalue weighted by molar-refractivity contribution is 0.574. The molecule has 0 saturated carbocycles. The number of halogens is 2. The summed E-state index contributed by atoms with van der Waals surface area (Å²) in [6.45, 7) is 0. The molecule has 1 aliphatic rings. The van der Waals surface area contributed by atoms with Crippen molar-refractivity contribution in [3.05, 3.63) is 34.9 Å². The maximum atomic E-state index is 13.2. The largest absolute Gasteiger partial charge is 0.207 e. The van der Waals surface area contributed by atoms with E-state index in [4.69, 9.17) is 0 Å². The normalized spacial score (nSPS) is 20.4. The predicted molar refractivity (Wildman–Crippen MR) is 50.9 cm³/mol. The summed E-state index contributed by atoms with van der Waals surface area (Å²) in [4.78, 5) is 0. The van der Waals surface area contributed by atoms with E-state index in [0.717, 1.165) is 24.5 Å². The standard InChI is InChI=1S/C10H10F2S/c1-13-10-3-2-7-8(10)4-6(11)5-9(7)12/h4-5,10H,2-3H2,1H3. The molecule has 1 aromatic rings. The number of rotatable bonds is 1. The van der Waals surface area contributed by atoms with Crippen molar-refractivity contribution < 1.29 is 8.78 Å². The van der Waals surface area contributed by atoms with Gasteiger partial charge in [0.25, 0.3) is 0 Å². The molecule has 1 unspecified atom stereocenters. The molecular formula is C10H10F2S. The molecule has 13 heavy (non-hydrogen) atoms. The molecule has 0 bridgehead atoms. The molecule has 2 rings (SSSR count). The lowest BCUT2D eigenvalue weighted by Crippen LogP contribution is -1.92. The molecular weight excluding hydrogens is 190 g/mol. The molecule has 1 aromatic carbocycles. The first-order valence-electron chi connectivity index (χ1n) is 4.23. The second-order valence-electron chi connectivity index (χ2n) is 3.22. The molecule has 0 radical (unpaired) electrons. The van der Waals surface area contributed by atoms with Gasteiger partial charge in [-0.2, -0.15) is 11.8 Å². The van der Waals surface area contributed by atoms with E-state index >= 15 is 0 Å². The van der Waals surface area contributed by atoms with Crippen molar-refractivity contribution in [3.63, 3.8) is 0 Å². The number of hydrogen-bond acceptors (Lipinski definition) is 1. The van der Waals surface area contributed by atoms with Gasteiger partial charge in [0.05, 0.1) is 0 Å². The van der Waals surface area contributed by atoms with Gasteiger partial charge in [0.1, 0.15) is 11.6 Å². The molecule has 3 heteroatoms. The van der Waals surface area contributed by atoms with Crippen LogP contribution in [0.4, 0.5) is 8.78 Å². The molecule has 0 nitrogen and oxygen atoms in total. The maximum absolute atomic E-state index is 13.2. The molecule has 70 valence electrons. The minimum atomic E-state index is -0.461. The number of fused-ring (bicyclic) bond motifs is 1. The lowest BCUT2D eigenvalue weighted by Gasteiger charge is -2.07. The summed E-state index contributed by atoms with van der Waals surface area (Å²) in [6, 6.07) is 2.44. The monoisotopic (exact) mass is 200 g/mol. The smallest absolute Gasteiger partial charge is 0.129 e. The van der Waals surface area contributed by atoms with Crippen molar-refractivity contribution in [1.82, 2.24) is 0 Å². The zero-order chi connectivity index (χ0) is 9.42. The molecule has 0 heterocycles. The summed E-state index contributed by atoms with van der Waals surface area (Å²) in [5, 5.41) is 0.278. The SMILES string of the molecule is CSC1CCc2c(F)cc(F)cc21. The van der Waals surface area contributed by atoms with Gasteiger partial charge in [-0.25, -0.2) is 8.78 Å². The van der Waals surface area contributed by atoms with Crippen LogP contribution in [-0.2, 0) is 6.42 Å². The summed E-state index contributed by atoms with van der Waals surface area (Å²) < 4.78 is 26.1. The van der Waals surface area contributed by atoms with E-state index in [1.54, 1.807) is 11.8 Å². The summed E-state index contributed by atoms with van der Waals surface area (Å²) in [5.41, 5.74) is 1.56. The van der Waals surface area contributed by atoms with Crippen LogP contribution in [0.1, 0.15) is 22.8 Å². The van der Waals surface area contributed by atoms with Crippen LogP contribution < -0.4 is 0 Å². The summed E-state index contributed by atoms with van der Waals surface area (Å²) in [5.74, 6) is -0.844. The van der Waals surface area contributed by atoms with Crippen molar-refractivity contribution in [1.29, 1.82) is 0 Å². The van der Waals surface area contributed by atoms with Gasteiger partial charge in [-0.15, -0.1) is 0 Å². The van der Waals surface area contributed by atoms with Crippen molar-refractivity contribution >= 4 is 11.8 Å². The Labute approximate surface area is 80.3 Å². The molecule has 0 amide bonds. The fourth-order valence-electron chi connectivity index (χ4n) is 1.85. The first-order valence-corrected chi connectivity index (χ1v) is 5.51. The predicted octanol–water partition coefficient (Wildman–Crippen LogP) is 3.32. The third-order valence-corrected chi connectivity index (χ3v) is 3.54. The van der Waals surface area contributed by atoms with E-state index in [1.807, 2.05) is 6.26 Å². The van der Waals surface area contributed by atoms with Gasteiger partial charge in [-0.1, -0.05) is 0 Å². The maximum Gasteiger partial charge on any atom is 0.129 e. The van der Waals surface area contributed by atoms with Crippen LogP contribution in [0.25, 0.3) is 0 Å². The highest BCUT2D eigenvalue weighted by Gasteiger charge is 2.25. The zero-order valence-electron chi connectivity index (χ0n) is 7.31. The Balaban J connectivity index is 2.51. The van der Waals surface area contributed by atoms with Crippen LogP contribution in [0, 0.1) is 11.6 Å². The fraction of sp³-hybridized carbons (Fsp3) is 0.400. The van der Waals surface area contributed by atoms with Gasteiger partial charge >= 0.3 is 0 Å². The number of hydrogen-bond donors (Lipinski definition) is 0. The highest BCUT2D eigenvalue weighted by atomic mass is 32.2. The molecule has 1 atom stereocenters. The highest BCUT2D eigenvalue weighted by Crippen LogP contribution is 2.41. The Morgan fingerprint density at radius 3 is 2.85 bits per heavy atom. The topological polar surface area (TPSA) is 0 Å². The summed E-state index contributed by atoms with van der Waals surface area (Å²) >= 11 is 1.66. The van der Waals surface area contributed by atoms with Crippen molar-refractivity contribution in [2.45, 2.75) is 18.1 Å². The minimum Gasteiger partial charge on any atom is -0.207 e. The van der Waals surface area contributed by atoms with Crippen molar-refractivity contribution in [2.75, 3.05) is 6.26 Å². The van der Waals surface area contributed by atoms with Gasteiger partial charge < -0.3 is 0 Å². The van der Waals surface area contributed by atoms with Gasteiger partial charge in [0.15, 0.2) is 0 Å². The second kappa shape index (κ2) is 3.29. The molecule has 0 N–H and O–H groups in total. The molecule has 0 saturated heterocycles.